The number of nitrogens with zero attached hydrogens (tertiary/aromatic N) is 1. The van der Waals surface area contributed by atoms with Crippen molar-refractivity contribution in [3.05, 3.63) is 0 Å². The fourth-order valence-electron chi connectivity index (χ4n) is 5.50. The Labute approximate surface area is 207 Å². The summed E-state index contributed by atoms with van der Waals surface area (Å²) in [6, 6.07) is -3.77. The van der Waals surface area contributed by atoms with Gasteiger partial charge in [0.1, 0.15) is 18.1 Å². The lowest BCUT2D eigenvalue weighted by atomic mass is 9.85. The van der Waals surface area contributed by atoms with Crippen LogP contribution in [0.2, 0.25) is 0 Å². The minimum absolute atomic E-state index is 0.00266. The third kappa shape index (κ3) is 5.29. The summed E-state index contributed by atoms with van der Waals surface area (Å²) in [5.41, 5.74) is 4.08. The van der Waals surface area contributed by atoms with Crippen molar-refractivity contribution in [1.29, 1.82) is 0 Å². The van der Waals surface area contributed by atoms with Gasteiger partial charge in [0.05, 0.1) is 0 Å². The number of likely N-dealkylation sites (tertiary alicyclic amines) is 1. The number of amides is 5. The molecule has 0 aromatic carbocycles. The Bertz CT molecular complexity index is 961. The van der Waals surface area contributed by atoms with Crippen LogP contribution in [0.15, 0.2) is 0 Å². The van der Waals surface area contributed by atoms with Crippen LogP contribution in [0.3, 0.4) is 0 Å². The zero-order valence-corrected chi connectivity index (χ0v) is 21.0. The highest BCUT2D eigenvalue weighted by molar-refractivity contribution is 5.96. The van der Waals surface area contributed by atoms with Crippen molar-refractivity contribution >= 4 is 29.5 Å². The number of carbonyl (C=O) groups excluding carboxylic acids is 5. The number of rotatable bonds is 7. The molecule has 36 heavy (non-hydrogen) atoms. The summed E-state index contributed by atoms with van der Waals surface area (Å²) in [4.78, 5) is 63.8. The molecule has 2 saturated heterocycles. The minimum atomic E-state index is -5.18. The Hall–Kier alpha value is -2.86. The van der Waals surface area contributed by atoms with Crippen LogP contribution in [0.5, 0.6) is 0 Å². The van der Waals surface area contributed by atoms with E-state index in [9.17, 15) is 37.1 Å². The predicted octanol–water partition coefficient (Wildman–Crippen LogP) is 0.0589. The van der Waals surface area contributed by atoms with Gasteiger partial charge in [0, 0.05) is 19.0 Å². The van der Waals surface area contributed by atoms with Gasteiger partial charge < -0.3 is 26.6 Å². The van der Waals surface area contributed by atoms with Gasteiger partial charge >= 0.3 is 12.1 Å². The molecule has 0 spiro atoms. The van der Waals surface area contributed by atoms with Gasteiger partial charge in [0.2, 0.25) is 23.6 Å². The zero-order valence-electron chi connectivity index (χ0n) is 21.0. The van der Waals surface area contributed by atoms with Crippen molar-refractivity contribution in [2.45, 2.75) is 71.8 Å². The van der Waals surface area contributed by atoms with Gasteiger partial charge in [-0.3, -0.25) is 24.0 Å². The van der Waals surface area contributed by atoms with Crippen molar-refractivity contribution in [3.63, 3.8) is 0 Å². The lowest BCUT2D eigenvalue weighted by Gasteiger charge is -2.38. The van der Waals surface area contributed by atoms with Gasteiger partial charge in [-0.2, -0.15) is 13.2 Å². The zero-order chi connectivity index (χ0) is 27.4. The molecule has 3 fully saturated rings. The molecule has 1 aliphatic carbocycles. The van der Waals surface area contributed by atoms with Crippen LogP contribution >= 0.6 is 0 Å². The summed E-state index contributed by atoms with van der Waals surface area (Å²) in [5.74, 6) is -5.68. The molecule has 10 nitrogen and oxygen atoms in total. The molecule has 3 rings (SSSR count). The normalized spacial score (nSPS) is 28.6. The Morgan fingerprint density at radius 1 is 1.17 bits per heavy atom. The molecule has 6 atom stereocenters. The predicted molar refractivity (Wildman–Crippen MR) is 121 cm³/mol. The largest absolute Gasteiger partial charge is 0.471 e. The molecule has 2 heterocycles. The topological polar surface area (TPSA) is 151 Å². The summed E-state index contributed by atoms with van der Waals surface area (Å²) in [6.07, 6.45) is -4.70. The van der Waals surface area contributed by atoms with E-state index in [0.717, 1.165) is 0 Å². The van der Waals surface area contributed by atoms with Crippen molar-refractivity contribution < 1.29 is 37.1 Å². The van der Waals surface area contributed by atoms with E-state index >= 15 is 0 Å². The third-order valence-corrected chi connectivity index (χ3v) is 7.75. The summed E-state index contributed by atoms with van der Waals surface area (Å²) in [5, 5.41) is 7.01. The van der Waals surface area contributed by atoms with E-state index < -0.39 is 59.3 Å². The molecule has 2 aliphatic heterocycles. The number of nitrogens with two attached hydrogens (primary N) is 1. The van der Waals surface area contributed by atoms with Gasteiger partial charge in [-0.1, -0.05) is 34.6 Å². The molecule has 1 saturated carbocycles. The van der Waals surface area contributed by atoms with Crippen LogP contribution in [0.4, 0.5) is 13.2 Å². The third-order valence-electron chi connectivity index (χ3n) is 7.75. The van der Waals surface area contributed by atoms with Crippen LogP contribution in [0.1, 0.15) is 47.5 Å². The molecule has 5 amide bonds. The van der Waals surface area contributed by atoms with Crippen LogP contribution in [0.25, 0.3) is 0 Å². The molecule has 1 unspecified atom stereocenters. The molecular formula is C23H34F3N5O5. The van der Waals surface area contributed by atoms with E-state index in [-0.39, 0.29) is 36.1 Å². The molecule has 5 N–H and O–H groups in total. The molecular weight excluding hydrogens is 483 g/mol. The first kappa shape index (κ1) is 27.7. The number of halogens is 3. The lowest BCUT2D eigenvalue weighted by molar-refractivity contribution is -0.176. The van der Waals surface area contributed by atoms with Crippen LogP contribution in [-0.4, -0.2) is 71.8 Å². The van der Waals surface area contributed by atoms with Gasteiger partial charge in [0.15, 0.2) is 0 Å². The number of piperidine rings is 1. The number of fused-ring (bicyclic) bond motifs is 1. The van der Waals surface area contributed by atoms with Crippen molar-refractivity contribution in [2.75, 3.05) is 13.1 Å². The monoisotopic (exact) mass is 517 g/mol. The smallest absolute Gasteiger partial charge is 0.368 e. The molecule has 0 radical (unpaired) electrons. The fraction of sp³-hybridized carbons (Fsp3) is 0.783. The highest BCUT2D eigenvalue weighted by atomic mass is 19.4. The Morgan fingerprint density at radius 2 is 1.78 bits per heavy atom. The average Bonchev–Trinajstić information content (AvgIpc) is 3.09. The second-order valence-electron chi connectivity index (χ2n) is 11.6. The first-order valence-corrected chi connectivity index (χ1v) is 11.9. The maximum Gasteiger partial charge on any atom is 0.471 e. The Morgan fingerprint density at radius 3 is 2.25 bits per heavy atom. The second-order valence-corrected chi connectivity index (χ2v) is 11.6. The standard InChI is InChI=1S/C23H34F3N5O5/c1-21(2,3)15(30-20(36)23(24,25)26)19(35)31-9-11-13(22(11,4)5)14(31)18(34)29-12(16(27)32)8-10-6-7-28-17(10)33/h10-15H,6-9H2,1-5H3,(H2,27,32)(H,28,33)(H,29,34)(H,30,36)/t10-,11-,12?,13-,14-,15+/m0/s1. The SMILES string of the molecule is CC(C)(C)[C@H](NC(=O)C(F)(F)F)C(=O)N1C[C@H]2[C@@H]([C@H]1C(=O)NC(C[C@@H]1CCNC1=O)C(N)=O)C2(C)C. The molecule has 3 aliphatic rings. The van der Waals surface area contributed by atoms with Gasteiger partial charge in [-0.25, -0.2) is 0 Å². The van der Waals surface area contributed by atoms with E-state index in [4.69, 9.17) is 5.73 Å². The van der Waals surface area contributed by atoms with Gasteiger partial charge in [-0.05, 0) is 35.5 Å². The first-order valence-electron chi connectivity index (χ1n) is 11.9. The maximum atomic E-state index is 13.5. The summed E-state index contributed by atoms with van der Waals surface area (Å²) < 4.78 is 38.9. The lowest BCUT2D eigenvalue weighted by Crippen LogP contribution is -2.61. The summed E-state index contributed by atoms with van der Waals surface area (Å²) in [6.45, 7) is 8.95. The van der Waals surface area contributed by atoms with Crippen LogP contribution in [-0.2, 0) is 24.0 Å². The quantitative estimate of drug-likeness (QED) is 0.377. The number of hydrogen-bond acceptors (Lipinski definition) is 5. The van der Waals surface area contributed by atoms with Crippen molar-refractivity contribution in [1.82, 2.24) is 20.9 Å². The van der Waals surface area contributed by atoms with E-state index in [1.54, 1.807) is 5.32 Å². The number of nitrogens with one attached hydrogen (secondary N) is 3. The molecule has 0 aromatic rings. The van der Waals surface area contributed by atoms with E-state index in [0.29, 0.717) is 13.0 Å². The highest BCUT2D eigenvalue weighted by Crippen LogP contribution is 2.65. The number of alkyl halides is 3. The molecule has 13 heteroatoms. The van der Waals surface area contributed by atoms with Crippen LogP contribution in [0, 0.1) is 28.6 Å². The summed E-state index contributed by atoms with van der Waals surface area (Å²) in [7, 11) is 0. The first-order chi connectivity index (χ1) is 16.4. The van der Waals surface area contributed by atoms with E-state index in [1.807, 2.05) is 13.8 Å². The van der Waals surface area contributed by atoms with Gasteiger partial charge in [-0.15, -0.1) is 0 Å². The number of primary amides is 1. The minimum Gasteiger partial charge on any atom is -0.368 e. The molecule has 0 aromatic heterocycles. The maximum absolute atomic E-state index is 13.5. The van der Waals surface area contributed by atoms with Gasteiger partial charge in [0.25, 0.3) is 0 Å². The molecule has 202 valence electrons. The van der Waals surface area contributed by atoms with Crippen LogP contribution < -0.4 is 21.7 Å². The number of hydrogen-bond donors (Lipinski definition) is 4. The van der Waals surface area contributed by atoms with E-state index in [1.165, 1.54) is 25.7 Å². The number of carbonyl (C=O) groups is 5. The van der Waals surface area contributed by atoms with Crippen molar-refractivity contribution in [2.24, 2.45) is 34.3 Å². The Kier molecular flexibility index (Phi) is 7.10. The highest BCUT2D eigenvalue weighted by Gasteiger charge is 2.70. The second kappa shape index (κ2) is 9.22. The summed E-state index contributed by atoms with van der Waals surface area (Å²) >= 11 is 0. The Balaban J connectivity index is 1.83. The average molecular weight is 518 g/mol. The van der Waals surface area contributed by atoms with E-state index in [2.05, 4.69) is 10.6 Å². The molecule has 0 bridgehead atoms. The van der Waals surface area contributed by atoms with Crippen molar-refractivity contribution in [3.8, 4) is 0 Å². The fourth-order valence-corrected chi connectivity index (χ4v) is 5.50.